The molecule has 0 aliphatic carbocycles. The van der Waals surface area contributed by atoms with Crippen molar-refractivity contribution in [3.05, 3.63) is 63.4 Å². The lowest BCUT2D eigenvalue weighted by Crippen LogP contribution is -2.29. The van der Waals surface area contributed by atoms with Gasteiger partial charge in [-0.2, -0.15) is 0 Å². The van der Waals surface area contributed by atoms with Crippen LogP contribution in [0.1, 0.15) is 26.4 Å². The quantitative estimate of drug-likeness (QED) is 0.673. The van der Waals surface area contributed by atoms with Gasteiger partial charge in [-0.25, -0.2) is 0 Å². The number of carbonyl (C=O) groups excluding carboxylic acids is 2. The Kier molecular flexibility index (Phi) is 7.84. The van der Waals surface area contributed by atoms with E-state index in [0.29, 0.717) is 41.7 Å². The Morgan fingerprint density at radius 2 is 1.85 bits per heavy atom. The maximum atomic E-state index is 12.3. The largest absolute Gasteiger partial charge is 0.383 e. The van der Waals surface area contributed by atoms with E-state index in [9.17, 15) is 9.59 Å². The lowest BCUT2D eigenvalue weighted by atomic mass is 10.1. The van der Waals surface area contributed by atoms with Crippen LogP contribution in [-0.4, -0.2) is 43.6 Å². The van der Waals surface area contributed by atoms with E-state index in [-0.39, 0.29) is 17.5 Å². The van der Waals surface area contributed by atoms with Crippen LogP contribution in [0.15, 0.2) is 36.5 Å². The summed E-state index contributed by atoms with van der Waals surface area (Å²) in [6, 6.07) is 8.24. The smallest absolute Gasteiger partial charge is 0.269 e. The van der Waals surface area contributed by atoms with Crippen LogP contribution >= 0.6 is 23.2 Å². The number of methoxy groups -OCH3 is 1. The third-order valence-electron chi connectivity index (χ3n) is 3.54. The topological polar surface area (TPSA) is 80.3 Å². The van der Waals surface area contributed by atoms with Crippen molar-refractivity contribution in [3.8, 4) is 0 Å². The monoisotopic (exact) mass is 395 g/mol. The van der Waals surface area contributed by atoms with Crippen LogP contribution in [0, 0.1) is 0 Å². The van der Waals surface area contributed by atoms with E-state index in [1.807, 2.05) is 6.07 Å². The fourth-order valence-electron chi connectivity index (χ4n) is 2.19. The number of aromatic nitrogens is 1. The maximum Gasteiger partial charge on any atom is 0.269 e. The molecule has 0 aliphatic rings. The zero-order chi connectivity index (χ0) is 18.9. The number of carbonyl (C=O) groups is 2. The van der Waals surface area contributed by atoms with Gasteiger partial charge in [0.2, 0.25) is 0 Å². The van der Waals surface area contributed by atoms with Crippen LogP contribution < -0.4 is 10.6 Å². The molecular formula is C18H19Cl2N3O3. The van der Waals surface area contributed by atoms with Gasteiger partial charge < -0.3 is 15.4 Å². The molecule has 0 unspecified atom stereocenters. The number of benzene rings is 1. The minimum atomic E-state index is -0.357. The van der Waals surface area contributed by atoms with Crippen LogP contribution in [0.4, 0.5) is 0 Å². The summed E-state index contributed by atoms with van der Waals surface area (Å²) in [7, 11) is 1.55. The van der Waals surface area contributed by atoms with E-state index in [1.165, 1.54) is 12.3 Å². The molecule has 0 saturated heterocycles. The SMILES string of the molecule is COCCNC(=O)c1cc(C(=O)NCCc2ccc(Cl)cc2Cl)ccn1. The van der Waals surface area contributed by atoms with Crippen molar-refractivity contribution in [1.82, 2.24) is 15.6 Å². The average Bonchev–Trinajstić information content (AvgIpc) is 2.63. The molecule has 1 aromatic heterocycles. The molecular weight excluding hydrogens is 377 g/mol. The fourth-order valence-corrected chi connectivity index (χ4v) is 2.69. The highest BCUT2D eigenvalue weighted by atomic mass is 35.5. The minimum absolute atomic E-state index is 0.175. The molecule has 2 N–H and O–H groups in total. The Bertz CT molecular complexity index is 784. The van der Waals surface area contributed by atoms with Gasteiger partial charge in [0.25, 0.3) is 11.8 Å². The van der Waals surface area contributed by atoms with Gasteiger partial charge in [-0.1, -0.05) is 29.3 Å². The summed E-state index contributed by atoms with van der Waals surface area (Å²) < 4.78 is 4.87. The van der Waals surface area contributed by atoms with E-state index in [0.717, 1.165) is 5.56 Å². The molecule has 26 heavy (non-hydrogen) atoms. The van der Waals surface area contributed by atoms with Crippen LogP contribution in [0.5, 0.6) is 0 Å². The molecule has 1 aromatic carbocycles. The van der Waals surface area contributed by atoms with Crippen molar-refractivity contribution in [1.29, 1.82) is 0 Å². The molecule has 6 nitrogen and oxygen atoms in total. The lowest BCUT2D eigenvalue weighted by Gasteiger charge is -2.08. The lowest BCUT2D eigenvalue weighted by molar-refractivity contribution is 0.0932. The molecule has 0 bridgehead atoms. The Hall–Kier alpha value is -2.15. The van der Waals surface area contributed by atoms with Crippen LogP contribution in [0.25, 0.3) is 0 Å². The number of halogens is 2. The van der Waals surface area contributed by atoms with Gasteiger partial charge in [0.1, 0.15) is 5.69 Å². The fraction of sp³-hybridized carbons (Fsp3) is 0.278. The first-order chi connectivity index (χ1) is 12.5. The Morgan fingerprint density at radius 3 is 2.58 bits per heavy atom. The third kappa shape index (κ3) is 5.98. The number of pyridine rings is 1. The molecule has 0 radical (unpaired) electrons. The van der Waals surface area contributed by atoms with E-state index < -0.39 is 0 Å². The van der Waals surface area contributed by atoms with Crippen molar-refractivity contribution in [3.63, 3.8) is 0 Å². The van der Waals surface area contributed by atoms with E-state index in [2.05, 4.69) is 15.6 Å². The van der Waals surface area contributed by atoms with E-state index >= 15 is 0 Å². The van der Waals surface area contributed by atoms with Crippen LogP contribution in [0.3, 0.4) is 0 Å². The number of hydrogen-bond donors (Lipinski definition) is 2. The van der Waals surface area contributed by atoms with Crippen molar-refractivity contribution >= 4 is 35.0 Å². The van der Waals surface area contributed by atoms with Crippen molar-refractivity contribution in [2.45, 2.75) is 6.42 Å². The first-order valence-corrected chi connectivity index (χ1v) is 8.72. The van der Waals surface area contributed by atoms with Gasteiger partial charge >= 0.3 is 0 Å². The summed E-state index contributed by atoms with van der Waals surface area (Å²) >= 11 is 12.0. The molecule has 2 aromatic rings. The molecule has 2 amide bonds. The van der Waals surface area contributed by atoms with Crippen molar-refractivity contribution < 1.29 is 14.3 Å². The van der Waals surface area contributed by atoms with Gasteiger partial charge in [0, 0.05) is 42.0 Å². The molecule has 0 saturated carbocycles. The van der Waals surface area contributed by atoms with Gasteiger partial charge in [0.15, 0.2) is 0 Å². The molecule has 0 atom stereocenters. The van der Waals surface area contributed by atoms with Gasteiger partial charge in [-0.15, -0.1) is 0 Å². The third-order valence-corrected chi connectivity index (χ3v) is 4.13. The van der Waals surface area contributed by atoms with Crippen LogP contribution in [0.2, 0.25) is 10.0 Å². The standard InChI is InChI=1S/C18H19Cl2N3O3/c1-26-9-8-23-18(25)16-10-13(5-6-21-16)17(24)22-7-4-12-2-3-14(19)11-15(12)20/h2-3,5-6,10-11H,4,7-9H2,1H3,(H,22,24)(H,23,25). The number of ether oxygens (including phenoxy) is 1. The maximum absolute atomic E-state index is 12.3. The van der Waals surface area contributed by atoms with E-state index in [4.69, 9.17) is 27.9 Å². The number of hydrogen-bond acceptors (Lipinski definition) is 4. The molecule has 0 aliphatic heterocycles. The van der Waals surface area contributed by atoms with Gasteiger partial charge in [0.05, 0.1) is 6.61 Å². The summed E-state index contributed by atoms with van der Waals surface area (Å²) in [4.78, 5) is 28.2. The highest BCUT2D eigenvalue weighted by molar-refractivity contribution is 6.35. The normalized spacial score (nSPS) is 10.4. The number of nitrogens with zero attached hydrogens (tertiary/aromatic N) is 1. The van der Waals surface area contributed by atoms with Crippen LogP contribution in [-0.2, 0) is 11.2 Å². The molecule has 138 valence electrons. The predicted octanol–water partition coefficient (Wildman–Crippen LogP) is 2.74. The Balaban J connectivity index is 1.90. The molecule has 1 heterocycles. The second kappa shape index (κ2) is 10.1. The highest BCUT2D eigenvalue weighted by Crippen LogP contribution is 2.21. The van der Waals surface area contributed by atoms with Crippen molar-refractivity contribution in [2.75, 3.05) is 26.8 Å². The summed E-state index contributed by atoms with van der Waals surface area (Å²) in [5.41, 5.74) is 1.43. The number of amides is 2. The summed E-state index contributed by atoms with van der Waals surface area (Å²) in [6.45, 7) is 1.17. The minimum Gasteiger partial charge on any atom is -0.383 e. The summed E-state index contributed by atoms with van der Waals surface area (Å²) in [5, 5.41) is 6.58. The Morgan fingerprint density at radius 1 is 1.08 bits per heavy atom. The summed E-state index contributed by atoms with van der Waals surface area (Å²) in [5.74, 6) is -0.645. The average molecular weight is 396 g/mol. The molecule has 0 fully saturated rings. The first kappa shape index (κ1) is 20.2. The zero-order valence-corrected chi connectivity index (χ0v) is 15.7. The molecule has 0 spiro atoms. The Labute approximate surface area is 161 Å². The second-order valence-electron chi connectivity index (χ2n) is 5.42. The highest BCUT2D eigenvalue weighted by Gasteiger charge is 2.11. The second-order valence-corrected chi connectivity index (χ2v) is 6.26. The molecule has 8 heteroatoms. The van der Waals surface area contributed by atoms with Gasteiger partial charge in [-0.3, -0.25) is 14.6 Å². The zero-order valence-electron chi connectivity index (χ0n) is 14.2. The van der Waals surface area contributed by atoms with Crippen molar-refractivity contribution in [2.24, 2.45) is 0 Å². The number of rotatable bonds is 8. The predicted molar refractivity (Wildman–Crippen MR) is 101 cm³/mol. The first-order valence-electron chi connectivity index (χ1n) is 7.96. The summed E-state index contributed by atoms with van der Waals surface area (Å²) in [6.07, 6.45) is 1.99. The molecule has 2 rings (SSSR count). The number of nitrogens with one attached hydrogen (secondary N) is 2. The van der Waals surface area contributed by atoms with Gasteiger partial charge in [-0.05, 0) is 36.2 Å². The van der Waals surface area contributed by atoms with E-state index in [1.54, 1.807) is 25.3 Å².